The van der Waals surface area contributed by atoms with E-state index in [2.05, 4.69) is 30.5 Å². The molecular weight excluding hydrogens is 757 g/mol. The molecule has 0 fully saturated rings. The third-order valence-corrected chi connectivity index (χ3v) is 11.5. The highest BCUT2D eigenvalue weighted by Gasteiger charge is 2.28. The normalized spacial score (nSPS) is 13.7. The number of esters is 2. The average molecular weight is 846 g/mol. The fourth-order valence-corrected chi connectivity index (χ4v) is 7.55. The van der Waals surface area contributed by atoms with E-state index in [4.69, 9.17) is 24.8 Å². The van der Waals surface area contributed by atoms with Crippen LogP contribution in [0.25, 0.3) is 0 Å². The highest BCUT2D eigenvalue weighted by molar-refractivity contribution is 7.47. The SMILES string of the molecule is CCCCCCCC/C=C/CCCCCCCCCC(=O)OC[C@H](COP(=O)(O)OC[C@H](N)C(=O)O)OC(=O)CCCCCCCCCCCCCCCCCCC. The number of allylic oxidation sites excluding steroid dienone is 2. The Bertz CT molecular complexity index is 1040. The van der Waals surface area contributed by atoms with E-state index < -0.39 is 51.1 Å². The van der Waals surface area contributed by atoms with Crippen molar-refractivity contribution in [2.24, 2.45) is 5.73 Å². The Labute approximate surface area is 354 Å². The molecule has 0 aromatic rings. The van der Waals surface area contributed by atoms with Crippen LogP contribution in [0, 0.1) is 0 Å². The number of carbonyl (C=O) groups is 3. The van der Waals surface area contributed by atoms with E-state index in [1.165, 1.54) is 148 Å². The van der Waals surface area contributed by atoms with E-state index in [-0.39, 0.29) is 19.4 Å². The molecule has 0 saturated carbocycles. The minimum Gasteiger partial charge on any atom is -0.480 e. The van der Waals surface area contributed by atoms with Gasteiger partial charge < -0.3 is 25.2 Å². The number of unbranched alkanes of at least 4 members (excludes halogenated alkanes) is 29. The first-order valence-electron chi connectivity index (χ1n) is 23.7. The summed E-state index contributed by atoms with van der Waals surface area (Å²) in [5.74, 6) is -2.37. The Kier molecular flexibility index (Phi) is 40.6. The van der Waals surface area contributed by atoms with Gasteiger partial charge in [0, 0.05) is 12.8 Å². The Morgan fingerprint density at radius 1 is 0.517 bits per heavy atom. The average Bonchev–Trinajstić information content (AvgIpc) is 3.20. The summed E-state index contributed by atoms with van der Waals surface area (Å²) in [6.45, 7) is 2.83. The van der Waals surface area contributed by atoms with Gasteiger partial charge in [-0.1, -0.05) is 193 Å². The molecule has 58 heavy (non-hydrogen) atoms. The fraction of sp³-hybridized carbons (Fsp3) is 0.891. The second-order valence-electron chi connectivity index (χ2n) is 16.2. The van der Waals surface area contributed by atoms with Crippen molar-refractivity contribution in [3.8, 4) is 0 Å². The molecule has 1 unspecified atom stereocenters. The quantitative estimate of drug-likeness (QED) is 0.0230. The minimum atomic E-state index is -4.71. The molecule has 0 aliphatic carbocycles. The van der Waals surface area contributed by atoms with Crippen LogP contribution < -0.4 is 5.73 Å². The number of carboxylic acids is 1. The van der Waals surface area contributed by atoms with E-state index in [9.17, 15) is 23.8 Å². The number of phosphoric acid groups is 1. The summed E-state index contributed by atoms with van der Waals surface area (Å²) in [5.41, 5.74) is 5.34. The van der Waals surface area contributed by atoms with Crippen molar-refractivity contribution in [2.45, 2.75) is 244 Å². The Morgan fingerprint density at radius 2 is 0.862 bits per heavy atom. The summed E-state index contributed by atoms with van der Waals surface area (Å²) < 4.78 is 32.8. The van der Waals surface area contributed by atoms with Crippen LogP contribution in [0.1, 0.15) is 232 Å². The van der Waals surface area contributed by atoms with Crippen LogP contribution in [0.15, 0.2) is 12.2 Å². The number of phosphoric ester groups is 1. The van der Waals surface area contributed by atoms with E-state index in [1.807, 2.05) is 0 Å². The third kappa shape index (κ3) is 41.0. The van der Waals surface area contributed by atoms with Crippen molar-refractivity contribution >= 4 is 25.7 Å². The first-order valence-corrected chi connectivity index (χ1v) is 25.2. The number of carboxylic acid groups (broad SMARTS) is 1. The summed E-state index contributed by atoms with van der Waals surface area (Å²) in [6.07, 6.45) is 42.7. The lowest BCUT2D eigenvalue weighted by molar-refractivity contribution is -0.161. The lowest BCUT2D eigenvalue weighted by Crippen LogP contribution is -2.34. The highest BCUT2D eigenvalue weighted by atomic mass is 31.2. The summed E-state index contributed by atoms with van der Waals surface area (Å²) in [5, 5.41) is 8.90. The van der Waals surface area contributed by atoms with Crippen molar-refractivity contribution in [3.05, 3.63) is 12.2 Å². The van der Waals surface area contributed by atoms with Gasteiger partial charge in [-0.15, -0.1) is 0 Å². The lowest BCUT2D eigenvalue weighted by atomic mass is 10.0. The van der Waals surface area contributed by atoms with Gasteiger partial charge in [0.1, 0.15) is 12.6 Å². The van der Waals surface area contributed by atoms with Crippen molar-refractivity contribution < 1.29 is 47.5 Å². The fourth-order valence-electron chi connectivity index (χ4n) is 6.77. The standard InChI is InChI=1S/C46H88NO10P/c1-3-5-7-9-11-13-15-17-19-21-23-25-27-29-31-33-35-37-44(48)54-39-42(40-55-58(52,53)56-41-43(47)46(50)51)57-45(49)38-36-34-32-30-28-26-24-22-20-18-16-14-12-10-8-6-4-2/h17,19,42-43H,3-16,18,20-41,47H2,1-2H3,(H,50,51)(H,52,53)/b19-17+/t42-,43+/m1/s1. The molecule has 12 heteroatoms. The third-order valence-electron chi connectivity index (χ3n) is 10.5. The first-order chi connectivity index (χ1) is 28.1. The molecule has 4 N–H and O–H groups in total. The summed E-state index contributed by atoms with van der Waals surface area (Å²) in [6, 6.07) is -1.52. The zero-order valence-electron chi connectivity index (χ0n) is 37.2. The van der Waals surface area contributed by atoms with Gasteiger partial charge in [-0.2, -0.15) is 0 Å². The van der Waals surface area contributed by atoms with Gasteiger partial charge in [-0.25, -0.2) is 4.57 Å². The number of rotatable bonds is 45. The lowest BCUT2D eigenvalue weighted by Gasteiger charge is -2.20. The van der Waals surface area contributed by atoms with Crippen LogP contribution in [0.4, 0.5) is 0 Å². The van der Waals surface area contributed by atoms with E-state index in [0.717, 1.165) is 44.9 Å². The second kappa shape index (κ2) is 41.9. The molecule has 11 nitrogen and oxygen atoms in total. The molecule has 0 rings (SSSR count). The maximum Gasteiger partial charge on any atom is 0.472 e. The van der Waals surface area contributed by atoms with E-state index in [0.29, 0.717) is 12.8 Å². The molecule has 0 saturated heterocycles. The molecule has 0 spiro atoms. The second-order valence-corrected chi connectivity index (χ2v) is 17.7. The van der Waals surface area contributed by atoms with Gasteiger partial charge in [0.2, 0.25) is 0 Å². The van der Waals surface area contributed by atoms with Gasteiger partial charge in [0.05, 0.1) is 13.2 Å². The zero-order chi connectivity index (χ0) is 42.8. The number of aliphatic carboxylic acids is 1. The Morgan fingerprint density at radius 3 is 1.26 bits per heavy atom. The van der Waals surface area contributed by atoms with Crippen LogP contribution in [-0.2, 0) is 37.5 Å². The molecule has 0 radical (unpaired) electrons. The maximum atomic E-state index is 12.7. The highest BCUT2D eigenvalue weighted by Crippen LogP contribution is 2.43. The number of hydrogen-bond acceptors (Lipinski definition) is 9. The molecule has 0 heterocycles. The maximum absolute atomic E-state index is 12.7. The molecule has 0 aromatic heterocycles. The van der Waals surface area contributed by atoms with Crippen molar-refractivity contribution in [1.29, 1.82) is 0 Å². The summed E-state index contributed by atoms with van der Waals surface area (Å²) in [7, 11) is -4.71. The minimum absolute atomic E-state index is 0.166. The number of ether oxygens (including phenoxy) is 2. The number of hydrogen-bond donors (Lipinski definition) is 3. The Hall–Kier alpha value is -1.78. The van der Waals surface area contributed by atoms with Gasteiger partial charge in [0.15, 0.2) is 6.10 Å². The molecule has 0 aliphatic heterocycles. The molecule has 0 aliphatic rings. The topological polar surface area (TPSA) is 172 Å². The van der Waals surface area contributed by atoms with Crippen molar-refractivity contribution in [1.82, 2.24) is 0 Å². The smallest absolute Gasteiger partial charge is 0.472 e. The van der Waals surface area contributed by atoms with Crippen LogP contribution in [0.2, 0.25) is 0 Å². The predicted octanol–water partition coefficient (Wildman–Crippen LogP) is 12.8. The van der Waals surface area contributed by atoms with Gasteiger partial charge >= 0.3 is 25.7 Å². The molecule has 0 bridgehead atoms. The van der Waals surface area contributed by atoms with Gasteiger partial charge in [0.25, 0.3) is 0 Å². The first kappa shape index (κ1) is 56.2. The van der Waals surface area contributed by atoms with Crippen LogP contribution in [-0.4, -0.2) is 59.9 Å². The van der Waals surface area contributed by atoms with Gasteiger partial charge in [-0.3, -0.25) is 23.4 Å². The largest absolute Gasteiger partial charge is 0.480 e. The van der Waals surface area contributed by atoms with Crippen LogP contribution in [0.5, 0.6) is 0 Å². The van der Waals surface area contributed by atoms with Gasteiger partial charge in [-0.05, 0) is 38.5 Å². The summed E-state index contributed by atoms with van der Waals surface area (Å²) in [4.78, 5) is 46.0. The molecule has 0 aromatic carbocycles. The van der Waals surface area contributed by atoms with Crippen LogP contribution in [0.3, 0.4) is 0 Å². The molecule has 342 valence electrons. The zero-order valence-corrected chi connectivity index (χ0v) is 38.1. The van der Waals surface area contributed by atoms with E-state index >= 15 is 0 Å². The van der Waals surface area contributed by atoms with E-state index in [1.54, 1.807) is 0 Å². The Balaban J connectivity index is 4.28. The monoisotopic (exact) mass is 846 g/mol. The molecule has 3 atom stereocenters. The number of nitrogens with two attached hydrogens (primary N) is 1. The molecule has 0 amide bonds. The van der Waals surface area contributed by atoms with Crippen molar-refractivity contribution in [2.75, 3.05) is 19.8 Å². The molecular formula is C46H88NO10P. The van der Waals surface area contributed by atoms with Crippen LogP contribution >= 0.6 is 7.82 Å². The van der Waals surface area contributed by atoms with Crippen molar-refractivity contribution in [3.63, 3.8) is 0 Å². The summed E-state index contributed by atoms with van der Waals surface area (Å²) >= 11 is 0. The predicted molar refractivity (Wildman–Crippen MR) is 236 cm³/mol. The number of carbonyl (C=O) groups excluding carboxylic acids is 2.